The standard InChI is InChI=1S/C60H64N3O.Pt/c1-37(2)43-33-49(38(3)4)56(64)50(34-43)57-62-55-48(20-17-21-54(55)63(57)53-27-24-41(35-51(53)60(11,12)13)39-18-15-14-16-19-39)44-30-45(32-47(31-44)59(8,9)10)52-36-42(28-29-61-52)40-22-25-46(26-23-40)58(5,6)7;/h14-29,31-38,64H,1-13H3;/q-1;/i5D3,6D3,7D3,22D,23D,25D,26D;. The molecule has 2 heterocycles. The van der Waals surface area contributed by atoms with Crippen molar-refractivity contribution in [2.24, 2.45) is 0 Å². The zero-order valence-corrected chi connectivity index (χ0v) is 40.9. The number of pyridine rings is 1. The summed E-state index contributed by atoms with van der Waals surface area (Å²) < 4.78 is 113. The van der Waals surface area contributed by atoms with Crippen molar-refractivity contribution in [3.63, 3.8) is 0 Å². The summed E-state index contributed by atoms with van der Waals surface area (Å²) in [7, 11) is 0. The van der Waals surface area contributed by atoms with Gasteiger partial charge in [0.1, 0.15) is 11.6 Å². The average Bonchev–Trinajstić information content (AvgIpc) is 3.73. The third-order valence-electron chi connectivity index (χ3n) is 11.9. The van der Waals surface area contributed by atoms with E-state index in [0.29, 0.717) is 33.7 Å². The van der Waals surface area contributed by atoms with Crippen LogP contribution >= 0.6 is 0 Å². The summed E-state index contributed by atoms with van der Waals surface area (Å²) in [6, 6.07) is 33.6. The molecule has 0 saturated heterocycles. The Hall–Kier alpha value is -5.57. The molecule has 0 bridgehead atoms. The maximum atomic E-state index is 12.3. The first-order chi connectivity index (χ1) is 35.6. The van der Waals surface area contributed by atoms with Crippen LogP contribution in [0.15, 0.2) is 133 Å². The number of benzene rings is 6. The minimum absolute atomic E-state index is 0. The van der Waals surface area contributed by atoms with Gasteiger partial charge in [-0.15, -0.1) is 29.3 Å². The number of rotatable bonds is 8. The Morgan fingerprint density at radius 2 is 1.32 bits per heavy atom. The van der Waals surface area contributed by atoms with Gasteiger partial charge in [-0.2, -0.15) is 0 Å². The maximum absolute atomic E-state index is 12.3. The SMILES string of the molecule is [2H]c1c([2H])c(C(C([2H])([2H])[2H])(C([2H])([2H])[2H])C([2H])([2H])[2H])c([2H])c([2H])c1-c1ccnc(-c2[c-]c(-c3cccc4c3nc(-c3cc(C(C)C)cc(C(C)C)c3O)n4-c3ccc(-c4ccccc4)cc3C(C)(C)C)cc(C(C)(C)C)c2)c1.[Pt]. The Labute approximate surface area is 420 Å². The van der Waals surface area contributed by atoms with Crippen LogP contribution in [0.5, 0.6) is 5.75 Å². The Morgan fingerprint density at radius 3 is 1.97 bits per heavy atom. The molecular weight excluding hydrogens is 974 g/mol. The normalized spacial score (nSPS) is 15.8. The third kappa shape index (κ3) is 9.57. The second kappa shape index (κ2) is 18.0. The van der Waals surface area contributed by atoms with Gasteiger partial charge in [0.2, 0.25) is 0 Å². The summed E-state index contributed by atoms with van der Waals surface area (Å²) in [6.45, 7) is 9.73. The molecule has 0 radical (unpaired) electrons. The van der Waals surface area contributed by atoms with Crippen molar-refractivity contribution < 1.29 is 44.0 Å². The topological polar surface area (TPSA) is 50.9 Å². The van der Waals surface area contributed by atoms with E-state index in [4.69, 9.17) is 27.8 Å². The molecule has 2 aromatic heterocycles. The molecule has 5 heteroatoms. The maximum Gasteiger partial charge on any atom is 0.148 e. The van der Waals surface area contributed by atoms with Gasteiger partial charge >= 0.3 is 0 Å². The molecule has 0 unspecified atom stereocenters. The van der Waals surface area contributed by atoms with E-state index in [1.54, 1.807) is 6.07 Å². The fraction of sp³-hybridized carbons (Fsp3) is 0.300. The molecule has 0 atom stereocenters. The summed E-state index contributed by atoms with van der Waals surface area (Å²) in [4.78, 5) is 10.2. The zero-order chi connectivity index (χ0) is 56.9. The van der Waals surface area contributed by atoms with E-state index in [-0.39, 0.29) is 55.2 Å². The van der Waals surface area contributed by atoms with Gasteiger partial charge in [-0.1, -0.05) is 186 Å². The van der Waals surface area contributed by atoms with Gasteiger partial charge in [0.05, 0.1) is 27.8 Å². The van der Waals surface area contributed by atoms with Gasteiger partial charge in [0.25, 0.3) is 0 Å². The first kappa shape index (κ1) is 33.0. The zero-order valence-electron chi connectivity index (χ0n) is 51.7. The van der Waals surface area contributed by atoms with Gasteiger partial charge in [-0.25, -0.2) is 4.98 Å². The molecule has 0 saturated carbocycles. The van der Waals surface area contributed by atoms with Gasteiger partial charge in [-0.05, 0) is 103 Å². The number of aromatic hydroxyl groups is 1. The van der Waals surface area contributed by atoms with Gasteiger partial charge in [-0.3, -0.25) is 9.55 Å². The van der Waals surface area contributed by atoms with Crippen LogP contribution in [0.2, 0.25) is 0 Å². The smallest absolute Gasteiger partial charge is 0.148 e. The van der Waals surface area contributed by atoms with Crippen molar-refractivity contribution >= 4 is 11.0 Å². The van der Waals surface area contributed by atoms with Crippen molar-refractivity contribution in [3.05, 3.63) is 167 Å². The molecule has 1 N–H and O–H groups in total. The molecule has 0 spiro atoms. The Kier molecular flexibility index (Phi) is 9.14. The van der Waals surface area contributed by atoms with Crippen LogP contribution in [0.25, 0.3) is 72.7 Å². The number of hydrogen-bond acceptors (Lipinski definition) is 3. The van der Waals surface area contributed by atoms with Crippen LogP contribution < -0.4 is 0 Å². The Bertz CT molecular complexity index is 3520. The summed E-state index contributed by atoms with van der Waals surface area (Å²) in [6.07, 6.45) is 1.42. The van der Waals surface area contributed by atoms with E-state index in [1.165, 1.54) is 12.3 Å². The van der Waals surface area contributed by atoms with Crippen LogP contribution in [0.3, 0.4) is 0 Å². The predicted molar refractivity (Wildman–Crippen MR) is 271 cm³/mol. The largest absolute Gasteiger partial charge is 0.507 e. The van der Waals surface area contributed by atoms with Crippen molar-refractivity contribution in [3.8, 4) is 67.5 Å². The van der Waals surface area contributed by atoms with Crippen molar-refractivity contribution in [2.75, 3.05) is 0 Å². The first-order valence-electron chi connectivity index (χ1n) is 28.4. The number of phenols is 1. The van der Waals surface area contributed by atoms with Crippen LogP contribution in [0, 0.1) is 6.07 Å². The number of phenolic OH excluding ortho intramolecular Hbond substituents is 1. The Balaban J connectivity index is 0.00000882. The number of para-hydroxylation sites is 1. The molecule has 0 aliphatic rings. The van der Waals surface area contributed by atoms with E-state index in [0.717, 1.165) is 50.1 Å². The van der Waals surface area contributed by atoms with E-state index in [2.05, 4.69) is 122 Å². The average molecular weight is 1050 g/mol. The predicted octanol–water partition coefficient (Wildman–Crippen LogP) is 16.4. The van der Waals surface area contributed by atoms with E-state index in [1.807, 2.05) is 48.5 Å². The molecular formula is C60H64N3OPt-. The molecule has 0 aliphatic heterocycles. The van der Waals surface area contributed by atoms with Gasteiger partial charge in [0, 0.05) is 45.3 Å². The fourth-order valence-electron chi connectivity index (χ4n) is 8.17. The summed E-state index contributed by atoms with van der Waals surface area (Å²) >= 11 is 0. The van der Waals surface area contributed by atoms with Crippen LogP contribution in [0.4, 0.5) is 0 Å². The molecule has 65 heavy (non-hydrogen) atoms. The monoisotopic (exact) mass is 1050 g/mol. The first-order valence-corrected chi connectivity index (χ1v) is 21.9. The molecule has 4 nitrogen and oxygen atoms in total. The number of aromatic nitrogens is 3. The van der Waals surface area contributed by atoms with Crippen LogP contribution in [-0.2, 0) is 37.3 Å². The molecule has 6 aromatic carbocycles. The second-order valence-electron chi connectivity index (χ2n) is 19.5. The van der Waals surface area contributed by atoms with Gasteiger partial charge in [0.15, 0.2) is 0 Å². The van der Waals surface area contributed by atoms with Crippen molar-refractivity contribution in [1.29, 1.82) is 0 Å². The summed E-state index contributed by atoms with van der Waals surface area (Å²) in [5.41, 5.74) is 5.08. The molecule has 0 fully saturated rings. The van der Waals surface area contributed by atoms with Gasteiger partial charge < -0.3 is 5.11 Å². The fourth-order valence-corrected chi connectivity index (χ4v) is 8.17. The minimum Gasteiger partial charge on any atom is -0.507 e. The number of imidazole rings is 1. The van der Waals surface area contributed by atoms with Crippen molar-refractivity contribution in [1.82, 2.24) is 14.5 Å². The molecule has 0 amide bonds. The second-order valence-corrected chi connectivity index (χ2v) is 19.5. The molecule has 8 aromatic rings. The van der Waals surface area contributed by atoms with E-state index >= 15 is 0 Å². The van der Waals surface area contributed by atoms with Crippen molar-refractivity contribution in [2.45, 2.75) is 118 Å². The van der Waals surface area contributed by atoms with Crippen LogP contribution in [0.1, 0.15) is 147 Å². The van der Waals surface area contributed by atoms with E-state index in [9.17, 15) is 5.11 Å². The molecule has 0 aliphatic carbocycles. The van der Waals surface area contributed by atoms with Crippen LogP contribution in [-0.4, -0.2) is 19.6 Å². The van der Waals surface area contributed by atoms with E-state index < -0.39 is 61.1 Å². The molecule has 8 rings (SSSR count). The quantitative estimate of drug-likeness (QED) is 0.154. The summed E-state index contributed by atoms with van der Waals surface area (Å²) in [5.74, 6) is 0.844. The molecule has 336 valence electrons. The minimum atomic E-state index is -3.81. The number of fused-ring (bicyclic) bond motifs is 1. The number of nitrogens with zero attached hydrogens (tertiary/aromatic N) is 3. The summed E-state index contributed by atoms with van der Waals surface area (Å²) in [5, 5.41) is 12.3. The third-order valence-corrected chi connectivity index (χ3v) is 11.9. The Morgan fingerprint density at radius 1 is 0.631 bits per heavy atom. The number of hydrogen-bond donors (Lipinski definition) is 1.